The quantitative estimate of drug-likeness (QED) is 0.675. The first-order valence-corrected chi connectivity index (χ1v) is 4.30. The van der Waals surface area contributed by atoms with Crippen LogP contribution in [-0.4, -0.2) is 29.8 Å². The smallest absolute Gasteiger partial charge is 0.137 e. The molecule has 74 valence electrons. The summed E-state index contributed by atoms with van der Waals surface area (Å²) in [6, 6.07) is 0. The highest BCUT2D eigenvalue weighted by molar-refractivity contribution is 4.90. The molecule has 0 saturated heterocycles. The predicted octanol–water partition coefficient (Wildman–Crippen LogP) is -0.972. The highest BCUT2D eigenvalue weighted by Gasteiger charge is 1.98. The fraction of sp³-hybridized carbons (Fsp3) is 0.429. The summed E-state index contributed by atoms with van der Waals surface area (Å²) >= 11 is 0. The van der Waals surface area contributed by atoms with Crippen molar-refractivity contribution < 1.29 is 0 Å². The van der Waals surface area contributed by atoms with E-state index in [1.807, 2.05) is 6.20 Å². The van der Waals surface area contributed by atoms with Crippen LogP contribution in [0.15, 0.2) is 18.9 Å². The molecular formula is C7H11N7. The number of hydrogen-bond donors (Lipinski definition) is 1. The average molecular weight is 193 g/mol. The normalized spacial score (nSPS) is 10.6. The summed E-state index contributed by atoms with van der Waals surface area (Å²) < 4.78 is 3.48. The van der Waals surface area contributed by atoms with Crippen LogP contribution in [0, 0.1) is 0 Å². The van der Waals surface area contributed by atoms with E-state index in [1.165, 1.54) is 6.33 Å². The van der Waals surface area contributed by atoms with Gasteiger partial charge in [-0.25, -0.2) is 4.98 Å². The van der Waals surface area contributed by atoms with Crippen molar-refractivity contribution in [2.45, 2.75) is 19.6 Å². The maximum atomic E-state index is 5.41. The Morgan fingerprint density at radius 3 is 2.79 bits per heavy atom. The molecule has 2 aromatic heterocycles. The van der Waals surface area contributed by atoms with Gasteiger partial charge in [0.05, 0.1) is 18.8 Å². The van der Waals surface area contributed by atoms with Crippen LogP contribution in [0.5, 0.6) is 0 Å². The molecular weight excluding hydrogens is 182 g/mol. The maximum absolute atomic E-state index is 5.41. The molecule has 0 aliphatic rings. The monoisotopic (exact) mass is 193 g/mol. The van der Waals surface area contributed by atoms with E-state index in [9.17, 15) is 0 Å². The largest absolute Gasteiger partial charge is 0.325 e. The lowest BCUT2D eigenvalue weighted by atomic mass is 10.5. The van der Waals surface area contributed by atoms with Crippen molar-refractivity contribution in [2.24, 2.45) is 5.73 Å². The second-order valence-electron chi connectivity index (χ2n) is 2.84. The lowest BCUT2D eigenvalue weighted by molar-refractivity contribution is 0.489. The van der Waals surface area contributed by atoms with Gasteiger partial charge in [0.1, 0.15) is 12.7 Å². The Morgan fingerprint density at radius 1 is 1.29 bits per heavy atom. The Hall–Kier alpha value is -1.76. The molecule has 14 heavy (non-hydrogen) atoms. The van der Waals surface area contributed by atoms with Gasteiger partial charge in [-0.3, -0.25) is 9.36 Å². The zero-order valence-electron chi connectivity index (χ0n) is 7.61. The molecule has 2 aromatic rings. The van der Waals surface area contributed by atoms with Gasteiger partial charge in [0.25, 0.3) is 0 Å². The molecule has 0 unspecified atom stereocenters. The summed E-state index contributed by atoms with van der Waals surface area (Å²) in [5, 5.41) is 11.8. The lowest BCUT2D eigenvalue weighted by Gasteiger charge is -1.99. The van der Waals surface area contributed by atoms with E-state index in [4.69, 9.17) is 5.73 Å². The summed E-state index contributed by atoms with van der Waals surface area (Å²) in [5.41, 5.74) is 6.21. The van der Waals surface area contributed by atoms with Crippen molar-refractivity contribution in [1.29, 1.82) is 0 Å². The van der Waals surface area contributed by atoms with E-state index in [0.717, 1.165) is 18.8 Å². The molecule has 0 aromatic carbocycles. The van der Waals surface area contributed by atoms with Crippen LogP contribution in [0.25, 0.3) is 0 Å². The van der Waals surface area contributed by atoms with Gasteiger partial charge in [0.2, 0.25) is 0 Å². The maximum Gasteiger partial charge on any atom is 0.137 e. The summed E-state index contributed by atoms with van der Waals surface area (Å²) in [7, 11) is 0. The van der Waals surface area contributed by atoms with Crippen LogP contribution in [0.2, 0.25) is 0 Å². The second kappa shape index (κ2) is 3.97. The Balaban J connectivity index is 1.92. The van der Waals surface area contributed by atoms with Crippen molar-refractivity contribution in [3.05, 3.63) is 24.5 Å². The lowest BCUT2D eigenvalue weighted by Crippen LogP contribution is -2.08. The zero-order valence-corrected chi connectivity index (χ0v) is 7.61. The topological polar surface area (TPSA) is 87.4 Å². The fourth-order valence-corrected chi connectivity index (χ4v) is 1.09. The van der Waals surface area contributed by atoms with E-state index >= 15 is 0 Å². The molecule has 0 bridgehead atoms. The average Bonchev–Trinajstić information content (AvgIpc) is 2.86. The Kier molecular flexibility index (Phi) is 2.50. The van der Waals surface area contributed by atoms with E-state index in [1.54, 1.807) is 15.7 Å². The third kappa shape index (κ3) is 1.94. The van der Waals surface area contributed by atoms with Crippen molar-refractivity contribution in [3.8, 4) is 0 Å². The van der Waals surface area contributed by atoms with E-state index in [2.05, 4.69) is 20.4 Å². The molecule has 0 amide bonds. The van der Waals surface area contributed by atoms with Crippen LogP contribution >= 0.6 is 0 Å². The third-order valence-electron chi connectivity index (χ3n) is 1.82. The molecule has 0 aliphatic carbocycles. The molecule has 0 aliphatic heterocycles. The number of aryl methyl sites for hydroxylation is 2. The first-order valence-electron chi connectivity index (χ1n) is 4.30. The van der Waals surface area contributed by atoms with Gasteiger partial charge >= 0.3 is 0 Å². The summed E-state index contributed by atoms with van der Waals surface area (Å²) in [5.74, 6) is 0. The van der Waals surface area contributed by atoms with Gasteiger partial charge in [0.15, 0.2) is 0 Å². The highest BCUT2D eigenvalue weighted by Crippen LogP contribution is 1.92. The number of hydrogen-bond acceptors (Lipinski definition) is 5. The van der Waals surface area contributed by atoms with E-state index in [-0.39, 0.29) is 0 Å². The molecule has 0 radical (unpaired) electrons. The van der Waals surface area contributed by atoms with Gasteiger partial charge < -0.3 is 5.73 Å². The highest BCUT2D eigenvalue weighted by atomic mass is 15.4. The van der Waals surface area contributed by atoms with Crippen LogP contribution in [0.1, 0.15) is 5.69 Å². The molecule has 2 N–H and O–H groups in total. The van der Waals surface area contributed by atoms with Crippen molar-refractivity contribution in [2.75, 3.05) is 0 Å². The number of nitrogens with zero attached hydrogens (tertiary/aromatic N) is 6. The minimum atomic E-state index is 0.420. The fourth-order valence-electron chi connectivity index (χ4n) is 1.09. The molecule has 2 heterocycles. The molecule has 2 rings (SSSR count). The summed E-state index contributed by atoms with van der Waals surface area (Å²) in [4.78, 5) is 3.84. The SMILES string of the molecule is NCc1cn(CCn2cncn2)nn1. The van der Waals surface area contributed by atoms with Crippen molar-refractivity contribution in [1.82, 2.24) is 29.8 Å². The standard InChI is InChI=1S/C7H11N7/c8-3-7-4-13(12-11-7)1-2-14-6-9-5-10-14/h4-6H,1-3,8H2. The number of aromatic nitrogens is 6. The van der Waals surface area contributed by atoms with E-state index in [0.29, 0.717) is 6.54 Å². The van der Waals surface area contributed by atoms with E-state index < -0.39 is 0 Å². The minimum Gasteiger partial charge on any atom is -0.325 e. The van der Waals surface area contributed by atoms with Crippen molar-refractivity contribution in [3.63, 3.8) is 0 Å². The Bertz CT molecular complexity index is 376. The van der Waals surface area contributed by atoms with Gasteiger partial charge in [-0.1, -0.05) is 5.21 Å². The molecule has 7 nitrogen and oxygen atoms in total. The van der Waals surface area contributed by atoms with Crippen molar-refractivity contribution >= 4 is 0 Å². The Labute approximate surface area is 80.5 Å². The van der Waals surface area contributed by atoms with Crippen LogP contribution in [0.3, 0.4) is 0 Å². The van der Waals surface area contributed by atoms with Crippen LogP contribution in [0.4, 0.5) is 0 Å². The van der Waals surface area contributed by atoms with Gasteiger partial charge in [-0.15, -0.1) is 5.10 Å². The molecule has 0 saturated carbocycles. The predicted molar refractivity (Wildman–Crippen MR) is 47.9 cm³/mol. The Morgan fingerprint density at radius 2 is 2.14 bits per heavy atom. The van der Waals surface area contributed by atoms with Gasteiger partial charge in [-0.2, -0.15) is 5.10 Å². The number of rotatable bonds is 4. The second-order valence-corrected chi connectivity index (χ2v) is 2.84. The molecule has 0 spiro atoms. The van der Waals surface area contributed by atoms with Crippen LogP contribution in [-0.2, 0) is 19.6 Å². The first-order chi connectivity index (χ1) is 6.88. The summed E-state index contributed by atoms with van der Waals surface area (Å²) in [6.45, 7) is 1.87. The van der Waals surface area contributed by atoms with Gasteiger partial charge in [-0.05, 0) is 0 Å². The van der Waals surface area contributed by atoms with Gasteiger partial charge in [0, 0.05) is 12.7 Å². The van der Waals surface area contributed by atoms with Crippen LogP contribution < -0.4 is 5.73 Å². The third-order valence-corrected chi connectivity index (χ3v) is 1.82. The summed E-state index contributed by atoms with van der Waals surface area (Å²) in [6.07, 6.45) is 5.00. The first kappa shape index (κ1) is 8.82. The number of nitrogens with two attached hydrogens (primary N) is 1. The zero-order chi connectivity index (χ0) is 9.80. The minimum absolute atomic E-state index is 0.420. The molecule has 7 heteroatoms. The molecule has 0 atom stereocenters. The molecule has 0 fully saturated rings.